The monoisotopic (exact) mass is 276 g/mol. The number of anilines is 1. The third-order valence-electron chi connectivity index (χ3n) is 2.47. The van der Waals surface area contributed by atoms with Gasteiger partial charge in [0.25, 0.3) is 0 Å². The Morgan fingerprint density at radius 3 is 2.95 bits per heavy atom. The summed E-state index contributed by atoms with van der Waals surface area (Å²) in [6.45, 7) is -0.106. The van der Waals surface area contributed by atoms with Crippen LogP contribution >= 0.6 is 0 Å². The summed E-state index contributed by atoms with van der Waals surface area (Å²) in [6.07, 6.45) is 1.38. The van der Waals surface area contributed by atoms with Crippen LogP contribution in [0.5, 0.6) is 5.75 Å². The van der Waals surface area contributed by atoms with Gasteiger partial charge in [0.15, 0.2) is 0 Å². The first-order valence-electron chi connectivity index (χ1n) is 5.70. The van der Waals surface area contributed by atoms with Gasteiger partial charge in [-0.15, -0.1) is 0 Å². The number of aromatic nitrogens is 2. The summed E-state index contributed by atoms with van der Waals surface area (Å²) in [5, 5.41) is 16.8. The van der Waals surface area contributed by atoms with Gasteiger partial charge in [-0.3, -0.25) is 4.79 Å². The molecule has 0 spiro atoms. The Morgan fingerprint density at radius 1 is 1.50 bits per heavy atom. The summed E-state index contributed by atoms with van der Waals surface area (Å²) in [4.78, 5) is 21.6. The molecule has 0 radical (unpaired) electrons. The van der Waals surface area contributed by atoms with Crippen molar-refractivity contribution >= 4 is 17.4 Å². The van der Waals surface area contributed by atoms with Crippen LogP contribution in [0.1, 0.15) is 0 Å². The summed E-state index contributed by atoms with van der Waals surface area (Å²) in [6, 6.07) is 8.12. The topological polar surface area (TPSA) is 99.3 Å². The normalized spacial score (nSPS) is 10.1. The molecule has 0 aliphatic rings. The molecule has 0 atom stereocenters. The molecule has 2 rings (SSSR count). The lowest BCUT2D eigenvalue weighted by molar-refractivity contribution is -0.389. The molecule has 0 saturated heterocycles. The lowest BCUT2D eigenvalue weighted by atomic mass is 10.3. The quantitative estimate of drug-likeness (QED) is 0.658. The van der Waals surface area contributed by atoms with Crippen LogP contribution in [-0.2, 0) is 11.3 Å². The van der Waals surface area contributed by atoms with Crippen LogP contribution in [0.25, 0.3) is 0 Å². The molecule has 8 heteroatoms. The standard InChI is InChI=1S/C12H12N4O4/c1-20-10-4-2-3-9(7-10)13-12(17)8-15-6-5-11(14-15)16(18)19/h2-7H,8H2,1H3,(H,13,17). The van der Waals surface area contributed by atoms with Crippen molar-refractivity contribution in [2.24, 2.45) is 0 Å². The highest BCUT2D eigenvalue weighted by molar-refractivity contribution is 5.90. The largest absolute Gasteiger partial charge is 0.497 e. The number of amides is 1. The molecule has 0 fully saturated rings. The van der Waals surface area contributed by atoms with Crippen molar-refractivity contribution in [2.45, 2.75) is 6.54 Å². The van der Waals surface area contributed by atoms with Gasteiger partial charge in [-0.2, -0.15) is 4.68 Å². The van der Waals surface area contributed by atoms with Gasteiger partial charge in [-0.25, -0.2) is 0 Å². The number of ether oxygens (including phenoxy) is 1. The number of benzene rings is 1. The predicted molar refractivity (Wildman–Crippen MR) is 70.5 cm³/mol. The molecule has 20 heavy (non-hydrogen) atoms. The average molecular weight is 276 g/mol. The Balaban J connectivity index is 1.99. The lowest BCUT2D eigenvalue weighted by Gasteiger charge is -2.05. The molecule has 8 nitrogen and oxygen atoms in total. The predicted octanol–water partition coefficient (Wildman–Crippen LogP) is 1.44. The number of methoxy groups -OCH3 is 1. The van der Waals surface area contributed by atoms with Gasteiger partial charge >= 0.3 is 5.82 Å². The van der Waals surface area contributed by atoms with Crippen LogP contribution in [0.4, 0.5) is 11.5 Å². The third kappa shape index (κ3) is 3.31. The molecule has 1 N–H and O–H groups in total. The minimum Gasteiger partial charge on any atom is -0.497 e. The number of nitrogens with zero attached hydrogens (tertiary/aromatic N) is 3. The number of rotatable bonds is 5. The van der Waals surface area contributed by atoms with E-state index in [0.29, 0.717) is 11.4 Å². The number of hydrogen-bond acceptors (Lipinski definition) is 5. The molecular weight excluding hydrogens is 264 g/mol. The lowest BCUT2D eigenvalue weighted by Crippen LogP contribution is -2.19. The fraction of sp³-hybridized carbons (Fsp3) is 0.167. The highest BCUT2D eigenvalue weighted by Gasteiger charge is 2.13. The van der Waals surface area contributed by atoms with Gasteiger partial charge in [-0.05, 0) is 17.1 Å². The fourth-order valence-corrected chi connectivity index (χ4v) is 1.58. The maximum Gasteiger partial charge on any atom is 0.389 e. The van der Waals surface area contributed by atoms with Crippen molar-refractivity contribution < 1.29 is 14.5 Å². The number of nitro groups is 1. The Hall–Kier alpha value is -2.90. The second kappa shape index (κ2) is 5.83. The van der Waals surface area contributed by atoms with Gasteiger partial charge in [0.1, 0.15) is 12.3 Å². The second-order valence-electron chi connectivity index (χ2n) is 3.91. The summed E-state index contributed by atoms with van der Waals surface area (Å²) in [5.41, 5.74) is 0.580. The molecule has 104 valence electrons. The highest BCUT2D eigenvalue weighted by atomic mass is 16.6. The fourth-order valence-electron chi connectivity index (χ4n) is 1.58. The number of hydrogen-bond donors (Lipinski definition) is 1. The average Bonchev–Trinajstić information content (AvgIpc) is 2.87. The smallest absolute Gasteiger partial charge is 0.389 e. The molecule has 0 aliphatic carbocycles. The van der Waals surface area contributed by atoms with E-state index in [1.165, 1.54) is 24.1 Å². The molecule has 2 aromatic rings. The molecule has 0 saturated carbocycles. The van der Waals surface area contributed by atoms with Crippen molar-refractivity contribution in [3.05, 3.63) is 46.6 Å². The summed E-state index contributed by atoms with van der Waals surface area (Å²) in [7, 11) is 1.53. The van der Waals surface area contributed by atoms with Crippen molar-refractivity contribution in [1.29, 1.82) is 0 Å². The first-order valence-corrected chi connectivity index (χ1v) is 5.70. The maximum atomic E-state index is 11.8. The van der Waals surface area contributed by atoms with Crippen LogP contribution in [0.3, 0.4) is 0 Å². The highest BCUT2D eigenvalue weighted by Crippen LogP contribution is 2.16. The Labute approximate surface area is 114 Å². The first kappa shape index (κ1) is 13.5. The minimum atomic E-state index is -0.615. The number of nitrogens with one attached hydrogen (secondary N) is 1. The van der Waals surface area contributed by atoms with Gasteiger partial charge in [0.2, 0.25) is 5.91 Å². The molecular formula is C12H12N4O4. The van der Waals surface area contributed by atoms with Crippen LogP contribution in [0.15, 0.2) is 36.5 Å². The summed E-state index contributed by atoms with van der Waals surface area (Å²) in [5.74, 6) is -0.00652. The number of carbonyl (C=O) groups excluding carboxylic acids is 1. The van der Waals surface area contributed by atoms with E-state index in [1.54, 1.807) is 24.3 Å². The van der Waals surface area contributed by atoms with Crippen molar-refractivity contribution in [3.63, 3.8) is 0 Å². The molecule has 1 heterocycles. The minimum absolute atomic E-state index is 0.106. The third-order valence-corrected chi connectivity index (χ3v) is 2.47. The first-order chi connectivity index (χ1) is 9.58. The Kier molecular flexibility index (Phi) is 3.94. The van der Waals surface area contributed by atoms with Crippen molar-refractivity contribution in [3.8, 4) is 5.75 Å². The molecule has 1 aromatic carbocycles. The molecule has 0 unspecified atom stereocenters. The molecule has 0 bridgehead atoms. The Morgan fingerprint density at radius 2 is 2.30 bits per heavy atom. The van der Waals surface area contributed by atoms with E-state index in [2.05, 4.69) is 10.4 Å². The van der Waals surface area contributed by atoms with E-state index in [0.717, 1.165) is 0 Å². The van der Waals surface area contributed by atoms with Crippen molar-refractivity contribution in [1.82, 2.24) is 9.78 Å². The molecule has 1 aromatic heterocycles. The zero-order valence-corrected chi connectivity index (χ0v) is 10.6. The summed E-state index contributed by atoms with van der Waals surface area (Å²) < 4.78 is 6.24. The summed E-state index contributed by atoms with van der Waals surface area (Å²) >= 11 is 0. The SMILES string of the molecule is COc1cccc(NC(=O)Cn2ccc([N+](=O)[O-])n2)c1. The van der Waals surface area contributed by atoms with Crippen molar-refractivity contribution in [2.75, 3.05) is 12.4 Å². The van der Waals surface area contributed by atoms with Gasteiger partial charge in [0, 0.05) is 11.8 Å². The van der Waals surface area contributed by atoms with E-state index in [9.17, 15) is 14.9 Å². The van der Waals surface area contributed by atoms with Crippen LogP contribution in [0.2, 0.25) is 0 Å². The Bertz CT molecular complexity index is 638. The van der Waals surface area contributed by atoms with Crippen LogP contribution < -0.4 is 10.1 Å². The van der Waals surface area contributed by atoms with E-state index in [1.807, 2.05) is 0 Å². The number of carbonyl (C=O) groups is 1. The van der Waals surface area contributed by atoms with E-state index < -0.39 is 4.92 Å². The van der Waals surface area contributed by atoms with Crippen LogP contribution in [-0.4, -0.2) is 27.7 Å². The van der Waals surface area contributed by atoms with Gasteiger partial charge < -0.3 is 20.2 Å². The maximum absolute atomic E-state index is 11.8. The van der Waals surface area contributed by atoms with Crippen LogP contribution in [0, 0.1) is 10.1 Å². The van der Waals surface area contributed by atoms with E-state index >= 15 is 0 Å². The zero-order valence-electron chi connectivity index (χ0n) is 10.6. The second-order valence-corrected chi connectivity index (χ2v) is 3.91. The van der Waals surface area contributed by atoms with E-state index in [4.69, 9.17) is 4.74 Å². The molecule has 0 aliphatic heterocycles. The van der Waals surface area contributed by atoms with Gasteiger partial charge in [0.05, 0.1) is 24.5 Å². The molecule has 1 amide bonds. The van der Waals surface area contributed by atoms with Gasteiger partial charge in [-0.1, -0.05) is 6.07 Å². The zero-order chi connectivity index (χ0) is 14.5. The van der Waals surface area contributed by atoms with E-state index in [-0.39, 0.29) is 18.3 Å².